The molecule has 14 heavy (non-hydrogen) atoms. The van der Waals surface area contributed by atoms with Gasteiger partial charge in [-0.25, -0.2) is 0 Å². The van der Waals surface area contributed by atoms with E-state index in [1.54, 1.807) is 0 Å². The number of furan rings is 1. The number of benzene rings is 1. The van der Waals surface area contributed by atoms with Crippen LogP contribution in [-0.2, 0) is 6.42 Å². The lowest BCUT2D eigenvalue weighted by Gasteiger charge is -1.93. The Labute approximate surface area is 84.4 Å². The molecule has 1 aromatic carbocycles. The Kier molecular flexibility index (Phi) is 2.68. The molecule has 0 unspecified atom stereocenters. The highest BCUT2D eigenvalue weighted by molar-refractivity contribution is 5.62. The van der Waals surface area contributed by atoms with Gasteiger partial charge in [-0.1, -0.05) is 37.3 Å². The molecular weight excluding hydrogens is 172 g/mol. The summed E-state index contributed by atoms with van der Waals surface area (Å²) in [6.45, 7) is 2.16. The van der Waals surface area contributed by atoms with Crippen molar-refractivity contribution in [2.45, 2.75) is 19.8 Å². The van der Waals surface area contributed by atoms with E-state index in [4.69, 9.17) is 4.42 Å². The first-order chi connectivity index (χ1) is 6.90. The Morgan fingerprint density at radius 2 is 1.86 bits per heavy atom. The summed E-state index contributed by atoms with van der Waals surface area (Å²) in [6.07, 6.45) is 3.98. The zero-order valence-corrected chi connectivity index (χ0v) is 8.36. The van der Waals surface area contributed by atoms with Crippen molar-refractivity contribution in [3.05, 3.63) is 48.4 Å². The van der Waals surface area contributed by atoms with Crippen molar-refractivity contribution in [2.75, 3.05) is 0 Å². The van der Waals surface area contributed by atoms with Crippen LogP contribution in [0.25, 0.3) is 11.1 Å². The number of aryl methyl sites for hydroxylation is 1. The van der Waals surface area contributed by atoms with Crippen molar-refractivity contribution >= 4 is 0 Å². The van der Waals surface area contributed by atoms with E-state index in [0.717, 1.165) is 18.6 Å². The summed E-state index contributed by atoms with van der Waals surface area (Å²) in [7, 11) is 0. The van der Waals surface area contributed by atoms with Crippen molar-refractivity contribution in [2.24, 2.45) is 0 Å². The van der Waals surface area contributed by atoms with Crippen molar-refractivity contribution in [3.8, 4) is 11.1 Å². The first-order valence-corrected chi connectivity index (χ1v) is 5.03. The predicted octanol–water partition coefficient (Wildman–Crippen LogP) is 3.90. The van der Waals surface area contributed by atoms with Crippen LogP contribution in [0.4, 0.5) is 0 Å². The Morgan fingerprint density at radius 3 is 2.57 bits per heavy atom. The predicted molar refractivity (Wildman–Crippen MR) is 58.1 cm³/mol. The molecule has 0 aliphatic carbocycles. The van der Waals surface area contributed by atoms with Gasteiger partial charge in [0.1, 0.15) is 5.76 Å². The molecule has 1 heteroatoms. The molecule has 1 heterocycles. The van der Waals surface area contributed by atoms with Crippen LogP contribution in [0.1, 0.15) is 19.1 Å². The Morgan fingerprint density at radius 1 is 1.07 bits per heavy atom. The van der Waals surface area contributed by atoms with Crippen LogP contribution in [0.5, 0.6) is 0 Å². The molecule has 0 spiro atoms. The molecule has 1 aromatic heterocycles. The van der Waals surface area contributed by atoms with E-state index in [0.29, 0.717) is 0 Å². The van der Waals surface area contributed by atoms with E-state index in [1.165, 1.54) is 11.1 Å². The van der Waals surface area contributed by atoms with Gasteiger partial charge in [0.25, 0.3) is 0 Å². The van der Waals surface area contributed by atoms with Crippen molar-refractivity contribution in [3.63, 3.8) is 0 Å². The monoisotopic (exact) mass is 186 g/mol. The molecule has 1 nitrogen and oxygen atoms in total. The normalized spacial score (nSPS) is 10.4. The van der Waals surface area contributed by atoms with E-state index in [1.807, 2.05) is 24.5 Å². The third-order valence-electron chi connectivity index (χ3n) is 2.26. The van der Waals surface area contributed by atoms with Gasteiger partial charge in [0.2, 0.25) is 0 Å². The fraction of sp³-hybridized carbons (Fsp3) is 0.231. The van der Waals surface area contributed by atoms with Gasteiger partial charge in [0.15, 0.2) is 0 Å². The molecule has 2 aromatic rings. The second kappa shape index (κ2) is 4.14. The summed E-state index contributed by atoms with van der Waals surface area (Å²) in [4.78, 5) is 0. The zero-order valence-electron chi connectivity index (χ0n) is 8.36. The summed E-state index contributed by atoms with van der Waals surface area (Å²) in [5.74, 6) is 1.08. The van der Waals surface area contributed by atoms with Gasteiger partial charge < -0.3 is 4.42 Å². The van der Waals surface area contributed by atoms with Gasteiger partial charge in [-0.2, -0.15) is 0 Å². The van der Waals surface area contributed by atoms with Crippen LogP contribution in [0.3, 0.4) is 0 Å². The molecule has 0 fully saturated rings. The fourth-order valence-corrected chi connectivity index (χ4v) is 1.54. The van der Waals surface area contributed by atoms with Gasteiger partial charge >= 0.3 is 0 Å². The third-order valence-corrected chi connectivity index (χ3v) is 2.26. The highest BCUT2D eigenvalue weighted by Crippen LogP contribution is 2.22. The van der Waals surface area contributed by atoms with Crippen LogP contribution >= 0.6 is 0 Å². The minimum Gasteiger partial charge on any atom is -0.469 e. The average molecular weight is 186 g/mol. The van der Waals surface area contributed by atoms with E-state index >= 15 is 0 Å². The number of hydrogen-bond acceptors (Lipinski definition) is 1. The second-order valence-corrected chi connectivity index (χ2v) is 3.42. The zero-order chi connectivity index (χ0) is 9.80. The Bertz CT molecular complexity index is 387. The molecule has 0 bridgehead atoms. The van der Waals surface area contributed by atoms with Crippen molar-refractivity contribution in [1.29, 1.82) is 0 Å². The molecule has 0 atom stereocenters. The van der Waals surface area contributed by atoms with E-state index in [9.17, 15) is 0 Å². The highest BCUT2D eigenvalue weighted by atomic mass is 16.3. The van der Waals surface area contributed by atoms with Gasteiger partial charge in [0, 0.05) is 12.0 Å². The smallest absolute Gasteiger partial charge is 0.104 e. The van der Waals surface area contributed by atoms with Crippen LogP contribution in [0, 0.1) is 0 Å². The maximum Gasteiger partial charge on any atom is 0.104 e. The van der Waals surface area contributed by atoms with Gasteiger partial charge in [-0.15, -0.1) is 0 Å². The molecule has 0 aliphatic rings. The summed E-state index contributed by atoms with van der Waals surface area (Å²) < 4.78 is 5.46. The average Bonchev–Trinajstić information content (AvgIpc) is 2.68. The topological polar surface area (TPSA) is 13.1 Å². The molecule has 0 saturated heterocycles. The maximum absolute atomic E-state index is 5.46. The first kappa shape index (κ1) is 9.07. The van der Waals surface area contributed by atoms with Gasteiger partial charge in [-0.05, 0) is 18.1 Å². The lowest BCUT2D eigenvalue weighted by Crippen LogP contribution is -1.75. The molecule has 0 amide bonds. The fourth-order valence-electron chi connectivity index (χ4n) is 1.54. The van der Waals surface area contributed by atoms with Gasteiger partial charge in [0.05, 0.1) is 6.26 Å². The maximum atomic E-state index is 5.46. The lowest BCUT2D eigenvalue weighted by atomic mass is 10.1. The number of rotatable bonds is 3. The summed E-state index contributed by atoms with van der Waals surface area (Å²) in [6, 6.07) is 12.4. The molecule has 0 saturated carbocycles. The largest absolute Gasteiger partial charge is 0.469 e. The van der Waals surface area contributed by atoms with Crippen LogP contribution in [0.15, 0.2) is 47.1 Å². The SMILES string of the molecule is CCCc1cc(-c2ccccc2)co1. The van der Waals surface area contributed by atoms with Crippen molar-refractivity contribution in [1.82, 2.24) is 0 Å². The Hall–Kier alpha value is -1.50. The van der Waals surface area contributed by atoms with E-state index in [-0.39, 0.29) is 0 Å². The minimum absolute atomic E-state index is 1.02. The molecular formula is C13H14O. The van der Waals surface area contributed by atoms with E-state index < -0.39 is 0 Å². The standard InChI is InChI=1S/C13H14O/c1-2-6-13-9-12(10-14-13)11-7-4-3-5-8-11/h3-5,7-10H,2,6H2,1H3. The molecule has 72 valence electrons. The third kappa shape index (κ3) is 1.87. The minimum atomic E-state index is 1.02. The first-order valence-electron chi connectivity index (χ1n) is 5.03. The van der Waals surface area contributed by atoms with Crippen LogP contribution in [0.2, 0.25) is 0 Å². The lowest BCUT2D eigenvalue weighted by molar-refractivity contribution is 0.507. The summed E-state index contributed by atoms with van der Waals surface area (Å²) in [5.41, 5.74) is 2.40. The van der Waals surface area contributed by atoms with E-state index in [2.05, 4.69) is 25.1 Å². The highest BCUT2D eigenvalue weighted by Gasteiger charge is 2.02. The summed E-state index contributed by atoms with van der Waals surface area (Å²) in [5, 5.41) is 0. The molecule has 0 aliphatic heterocycles. The molecule has 0 radical (unpaired) electrons. The molecule has 2 rings (SSSR count). The number of hydrogen-bond donors (Lipinski definition) is 0. The summed E-state index contributed by atoms with van der Waals surface area (Å²) >= 11 is 0. The quantitative estimate of drug-likeness (QED) is 0.708. The van der Waals surface area contributed by atoms with Gasteiger partial charge in [-0.3, -0.25) is 0 Å². The van der Waals surface area contributed by atoms with Crippen LogP contribution < -0.4 is 0 Å². The Balaban J connectivity index is 2.25. The second-order valence-electron chi connectivity index (χ2n) is 3.42. The van der Waals surface area contributed by atoms with Crippen molar-refractivity contribution < 1.29 is 4.42 Å². The van der Waals surface area contributed by atoms with Crippen LogP contribution in [-0.4, -0.2) is 0 Å². The molecule has 0 N–H and O–H groups in total.